The van der Waals surface area contributed by atoms with Crippen molar-refractivity contribution in [2.24, 2.45) is 5.73 Å². The van der Waals surface area contributed by atoms with E-state index in [0.29, 0.717) is 6.42 Å². The van der Waals surface area contributed by atoms with Crippen LogP contribution < -0.4 is 5.73 Å². The van der Waals surface area contributed by atoms with E-state index in [4.69, 9.17) is 5.73 Å². The zero-order valence-corrected chi connectivity index (χ0v) is 11.1. The van der Waals surface area contributed by atoms with Crippen molar-refractivity contribution >= 4 is 27.3 Å². The number of fused-ring (bicyclic) bond motifs is 1. The van der Waals surface area contributed by atoms with Crippen molar-refractivity contribution in [2.45, 2.75) is 25.4 Å². The van der Waals surface area contributed by atoms with E-state index in [1.54, 1.807) is 11.3 Å². The van der Waals surface area contributed by atoms with Crippen LogP contribution >= 0.6 is 11.3 Å². The van der Waals surface area contributed by atoms with Crippen LogP contribution in [-0.2, 0) is 4.79 Å². The fraction of sp³-hybridized carbons (Fsp3) is 0.357. The van der Waals surface area contributed by atoms with Crippen LogP contribution in [0.3, 0.4) is 0 Å². The smallest absolute Gasteiger partial charge is 0.224 e. The molecule has 1 aromatic carbocycles. The SMILES string of the molecule is CCN1C(=O)CC(N)C1c1csc2ccccc12. The van der Waals surface area contributed by atoms with E-state index in [1.807, 2.05) is 24.0 Å². The lowest BCUT2D eigenvalue weighted by molar-refractivity contribution is -0.128. The molecule has 1 aliphatic heterocycles. The summed E-state index contributed by atoms with van der Waals surface area (Å²) in [6, 6.07) is 8.26. The van der Waals surface area contributed by atoms with Crippen molar-refractivity contribution in [2.75, 3.05) is 6.54 Å². The first-order chi connectivity index (χ1) is 8.72. The Bertz CT molecular complexity index is 592. The summed E-state index contributed by atoms with van der Waals surface area (Å²) in [4.78, 5) is 13.8. The molecule has 4 heteroatoms. The molecule has 1 amide bonds. The Kier molecular flexibility index (Phi) is 2.84. The van der Waals surface area contributed by atoms with Crippen LogP contribution in [0.2, 0.25) is 0 Å². The van der Waals surface area contributed by atoms with Crippen molar-refractivity contribution in [1.29, 1.82) is 0 Å². The lowest BCUT2D eigenvalue weighted by Gasteiger charge is -2.25. The van der Waals surface area contributed by atoms with E-state index in [0.717, 1.165) is 6.54 Å². The molecule has 0 aliphatic carbocycles. The first kappa shape index (κ1) is 11.7. The van der Waals surface area contributed by atoms with Crippen molar-refractivity contribution in [3.63, 3.8) is 0 Å². The van der Waals surface area contributed by atoms with Crippen LogP contribution in [0.4, 0.5) is 0 Å². The number of nitrogens with two attached hydrogens (primary N) is 1. The number of carbonyl (C=O) groups excluding carboxylic acids is 1. The Morgan fingerprint density at radius 1 is 1.44 bits per heavy atom. The number of carbonyl (C=O) groups is 1. The molecule has 2 unspecified atom stereocenters. The molecule has 0 spiro atoms. The molecule has 18 heavy (non-hydrogen) atoms. The normalized spacial score (nSPS) is 24.1. The molecule has 1 fully saturated rings. The quantitative estimate of drug-likeness (QED) is 0.902. The van der Waals surface area contributed by atoms with Gasteiger partial charge in [-0.25, -0.2) is 0 Å². The van der Waals surface area contributed by atoms with E-state index in [1.165, 1.54) is 15.6 Å². The van der Waals surface area contributed by atoms with Crippen LogP contribution in [0.1, 0.15) is 24.9 Å². The molecule has 0 radical (unpaired) electrons. The second kappa shape index (κ2) is 4.37. The molecule has 0 saturated carbocycles. The van der Waals surface area contributed by atoms with E-state index < -0.39 is 0 Å². The Hall–Kier alpha value is -1.39. The Morgan fingerprint density at radius 3 is 3.00 bits per heavy atom. The van der Waals surface area contributed by atoms with Crippen molar-refractivity contribution in [3.8, 4) is 0 Å². The molecular weight excluding hydrogens is 244 g/mol. The predicted octanol–water partition coefficient (Wildman–Crippen LogP) is 2.52. The van der Waals surface area contributed by atoms with Crippen molar-refractivity contribution in [1.82, 2.24) is 4.90 Å². The van der Waals surface area contributed by atoms with E-state index >= 15 is 0 Å². The zero-order chi connectivity index (χ0) is 12.7. The fourth-order valence-corrected chi connectivity index (χ4v) is 3.81. The number of hydrogen-bond acceptors (Lipinski definition) is 3. The number of nitrogens with zero attached hydrogens (tertiary/aromatic N) is 1. The topological polar surface area (TPSA) is 46.3 Å². The lowest BCUT2D eigenvalue weighted by atomic mass is 10.00. The highest BCUT2D eigenvalue weighted by atomic mass is 32.1. The van der Waals surface area contributed by atoms with Gasteiger partial charge in [-0.05, 0) is 29.3 Å². The number of likely N-dealkylation sites (N-methyl/N-ethyl adjacent to an activating group) is 1. The van der Waals surface area contributed by atoms with Gasteiger partial charge in [0.2, 0.25) is 5.91 Å². The maximum absolute atomic E-state index is 11.9. The molecule has 2 heterocycles. The first-order valence-electron chi connectivity index (χ1n) is 6.23. The van der Waals surface area contributed by atoms with Gasteiger partial charge in [-0.15, -0.1) is 11.3 Å². The van der Waals surface area contributed by atoms with Crippen molar-refractivity contribution < 1.29 is 4.79 Å². The molecular formula is C14H16N2OS. The molecule has 2 aromatic rings. The van der Waals surface area contributed by atoms with Crippen LogP contribution in [0.5, 0.6) is 0 Å². The molecule has 1 aromatic heterocycles. The molecule has 1 saturated heterocycles. The third-order valence-electron chi connectivity index (χ3n) is 3.64. The van der Waals surface area contributed by atoms with E-state index in [-0.39, 0.29) is 18.0 Å². The van der Waals surface area contributed by atoms with Gasteiger partial charge in [-0.3, -0.25) is 4.79 Å². The minimum atomic E-state index is -0.0875. The molecule has 94 valence electrons. The monoisotopic (exact) mass is 260 g/mol. The molecule has 0 bridgehead atoms. The first-order valence-corrected chi connectivity index (χ1v) is 7.11. The van der Waals surface area contributed by atoms with Gasteiger partial charge in [-0.2, -0.15) is 0 Å². The fourth-order valence-electron chi connectivity index (χ4n) is 2.82. The highest BCUT2D eigenvalue weighted by Gasteiger charge is 2.38. The third-order valence-corrected chi connectivity index (χ3v) is 4.62. The van der Waals surface area contributed by atoms with Crippen LogP contribution in [-0.4, -0.2) is 23.4 Å². The second-order valence-electron chi connectivity index (χ2n) is 4.68. The minimum Gasteiger partial charge on any atom is -0.334 e. The van der Waals surface area contributed by atoms with Gasteiger partial charge in [0.15, 0.2) is 0 Å². The summed E-state index contributed by atoms with van der Waals surface area (Å²) in [6.45, 7) is 2.73. The summed E-state index contributed by atoms with van der Waals surface area (Å²) in [5.74, 6) is 0.172. The number of amides is 1. The Balaban J connectivity index is 2.11. The molecule has 3 nitrogen and oxygen atoms in total. The Labute approximate surface area is 110 Å². The molecule has 3 rings (SSSR count). The van der Waals surface area contributed by atoms with E-state index in [9.17, 15) is 4.79 Å². The summed E-state index contributed by atoms with van der Waals surface area (Å²) >= 11 is 1.72. The molecule has 1 aliphatic rings. The van der Waals surface area contributed by atoms with Gasteiger partial charge in [0.25, 0.3) is 0 Å². The molecule has 2 N–H and O–H groups in total. The standard InChI is InChI=1S/C14H16N2OS/c1-2-16-13(17)7-11(15)14(16)10-8-18-12-6-4-3-5-9(10)12/h3-6,8,11,14H,2,7,15H2,1H3. The van der Waals surface area contributed by atoms with Gasteiger partial charge in [0, 0.05) is 23.7 Å². The Morgan fingerprint density at radius 2 is 2.22 bits per heavy atom. The maximum Gasteiger partial charge on any atom is 0.224 e. The van der Waals surface area contributed by atoms with Crippen molar-refractivity contribution in [3.05, 3.63) is 35.2 Å². The minimum absolute atomic E-state index is 0.0404. The highest BCUT2D eigenvalue weighted by molar-refractivity contribution is 7.17. The summed E-state index contributed by atoms with van der Waals surface area (Å²) in [5, 5.41) is 3.38. The number of hydrogen-bond donors (Lipinski definition) is 1. The summed E-state index contributed by atoms with van der Waals surface area (Å²) in [7, 11) is 0. The van der Waals surface area contributed by atoms with Gasteiger partial charge < -0.3 is 10.6 Å². The lowest BCUT2D eigenvalue weighted by Crippen LogP contribution is -2.32. The second-order valence-corrected chi connectivity index (χ2v) is 5.59. The highest BCUT2D eigenvalue weighted by Crippen LogP contribution is 2.38. The average molecular weight is 260 g/mol. The molecule has 2 atom stereocenters. The third kappa shape index (κ3) is 1.64. The van der Waals surface area contributed by atoms with Gasteiger partial charge in [0.1, 0.15) is 0 Å². The summed E-state index contributed by atoms with van der Waals surface area (Å²) < 4.78 is 1.26. The number of rotatable bonds is 2. The van der Waals surface area contributed by atoms with Gasteiger partial charge >= 0.3 is 0 Å². The van der Waals surface area contributed by atoms with Crippen LogP contribution in [0.25, 0.3) is 10.1 Å². The van der Waals surface area contributed by atoms with Crippen LogP contribution in [0, 0.1) is 0 Å². The van der Waals surface area contributed by atoms with Crippen LogP contribution in [0.15, 0.2) is 29.6 Å². The van der Waals surface area contributed by atoms with Gasteiger partial charge in [0.05, 0.1) is 6.04 Å². The zero-order valence-electron chi connectivity index (χ0n) is 10.3. The average Bonchev–Trinajstić information content (AvgIpc) is 2.89. The number of thiophene rings is 1. The number of likely N-dealkylation sites (tertiary alicyclic amines) is 1. The summed E-state index contributed by atoms with van der Waals surface area (Å²) in [6.07, 6.45) is 0.461. The number of benzene rings is 1. The van der Waals surface area contributed by atoms with Gasteiger partial charge in [-0.1, -0.05) is 18.2 Å². The largest absolute Gasteiger partial charge is 0.334 e. The summed E-state index contributed by atoms with van der Waals surface area (Å²) in [5.41, 5.74) is 7.36. The maximum atomic E-state index is 11.9. The van der Waals surface area contributed by atoms with E-state index in [2.05, 4.69) is 17.5 Å². The predicted molar refractivity (Wildman–Crippen MR) is 74.5 cm³/mol.